The highest BCUT2D eigenvalue weighted by Crippen LogP contribution is 2.44. The van der Waals surface area contributed by atoms with E-state index in [1.165, 1.54) is 0 Å². The number of halogens is 2. The lowest BCUT2D eigenvalue weighted by molar-refractivity contribution is -0.0639. The third-order valence-electron chi connectivity index (χ3n) is 6.08. The van der Waals surface area contributed by atoms with Gasteiger partial charge in [0.15, 0.2) is 0 Å². The predicted octanol–water partition coefficient (Wildman–Crippen LogP) is 3.97. The van der Waals surface area contributed by atoms with Gasteiger partial charge in [0.05, 0.1) is 36.1 Å². The first kappa shape index (κ1) is 17.1. The molecule has 2 atom stereocenters. The van der Waals surface area contributed by atoms with Gasteiger partial charge in [-0.05, 0) is 37.7 Å². The summed E-state index contributed by atoms with van der Waals surface area (Å²) >= 11 is 0. The van der Waals surface area contributed by atoms with E-state index in [2.05, 4.69) is 4.98 Å². The highest BCUT2D eigenvalue weighted by molar-refractivity contribution is 5.67. The number of hydrogen-bond donors (Lipinski definition) is 1. The van der Waals surface area contributed by atoms with Crippen molar-refractivity contribution in [2.45, 2.75) is 69.1 Å². The van der Waals surface area contributed by atoms with Crippen molar-refractivity contribution >= 4 is 0 Å². The Bertz CT molecular complexity index is 840. The molecule has 2 fully saturated rings. The van der Waals surface area contributed by atoms with Crippen LogP contribution >= 0.6 is 0 Å². The second-order valence-electron chi connectivity index (χ2n) is 8.10. The van der Waals surface area contributed by atoms with Gasteiger partial charge in [-0.25, -0.2) is 18.7 Å². The topological polar surface area (TPSA) is 60.2 Å². The zero-order chi connectivity index (χ0) is 18.6. The number of aromatic nitrogens is 3. The number of aliphatic hydroxyl groups is 1. The normalized spacial score (nSPS) is 25.1. The lowest BCUT2D eigenvalue weighted by atomic mass is 9.81. The molecule has 1 N–H and O–H groups in total. The van der Waals surface area contributed by atoms with E-state index in [9.17, 15) is 13.9 Å². The largest absolute Gasteiger partial charge is 0.474 e. The van der Waals surface area contributed by atoms with Crippen LogP contribution in [0.3, 0.4) is 0 Å². The van der Waals surface area contributed by atoms with Crippen LogP contribution in [0.25, 0.3) is 11.3 Å². The van der Waals surface area contributed by atoms with Gasteiger partial charge < -0.3 is 14.4 Å². The van der Waals surface area contributed by atoms with Gasteiger partial charge in [-0.3, -0.25) is 0 Å². The van der Waals surface area contributed by atoms with Gasteiger partial charge in [0, 0.05) is 30.9 Å². The second kappa shape index (κ2) is 6.26. The maximum atomic E-state index is 13.4. The minimum absolute atomic E-state index is 0.0912. The molecule has 2 aliphatic carbocycles. The molecule has 2 saturated carbocycles. The molecule has 5 nitrogen and oxygen atoms in total. The Morgan fingerprint density at radius 2 is 2.00 bits per heavy atom. The molecular weight excluding hydrogens is 352 g/mol. The molecule has 0 spiro atoms. The van der Waals surface area contributed by atoms with Crippen LogP contribution in [0.1, 0.15) is 56.7 Å². The molecule has 0 unspecified atom stereocenters. The van der Waals surface area contributed by atoms with E-state index in [4.69, 9.17) is 9.72 Å². The van der Waals surface area contributed by atoms with E-state index in [-0.39, 0.29) is 30.9 Å². The van der Waals surface area contributed by atoms with E-state index in [0.717, 1.165) is 29.8 Å². The van der Waals surface area contributed by atoms with Gasteiger partial charge in [0.2, 0.25) is 11.8 Å². The minimum Gasteiger partial charge on any atom is -0.474 e. The zero-order valence-electron chi connectivity index (χ0n) is 15.0. The first-order valence-electron chi connectivity index (χ1n) is 9.76. The van der Waals surface area contributed by atoms with E-state index < -0.39 is 12.0 Å². The fourth-order valence-electron chi connectivity index (χ4n) is 4.34. The maximum Gasteiger partial charge on any atom is 0.248 e. The smallest absolute Gasteiger partial charge is 0.248 e. The van der Waals surface area contributed by atoms with Gasteiger partial charge in [-0.15, -0.1) is 0 Å². The van der Waals surface area contributed by atoms with Crippen LogP contribution in [0.2, 0.25) is 0 Å². The number of ether oxygens (including phenoxy) is 1. The Balaban J connectivity index is 1.37. The molecule has 1 aliphatic heterocycles. The fraction of sp³-hybridized carbons (Fsp3) is 0.600. The van der Waals surface area contributed by atoms with Crippen LogP contribution in [0, 0.1) is 5.92 Å². The fourth-order valence-corrected chi connectivity index (χ4v) is 4.34. The quantitative estimate of drug-likeness (QED) is 0.859. The van der Waals surface area contributed by atoms with E-state index >= 15 is 0 Å². The summed E-state index contributed by atoms with van der Waals surface area (Å²) in [7, 11) is 0. The highest BCUT2D eigenvalue weighted by Gasteiger charge is 2.39. The molecule has 5 rings (SSSR count). The van der Waals surface area contributed by atoms with Crippen molar-refractivity contribution in [2.24, 2.45) is 5.92 Å². The van der Waals surface area contributed by atoms with Gasteiger partial charge in [0.1, 0.15) is 6.10 Å². The molecule has 144 valence electrons. The molecule has 7 heteroatoms. The summed E-state index contributed by atoms with van der Waals surface area (Å²) in [5.41, 5.74) is 2.86. The highest BCUT2D eigenvalue weighted by atomic mass is 19.3. The number of pyridine rings is 1. The van der Waals surface area contributed by atoms with Crippen LogP contribution < -0.4 is 4.74 Å². The van der Waals surface area contributed by atoms with E-state index in [0.29, 0.717) is 25.1 Å². The summed E-state index contributed by atoms with van der Waals surface area (Å²) in [4.78, 5) is 8.96. The van der Waals surface area contributed by atoms with Crippen LogP contribution in [0.15, 0.2) is 24.7 Å². The van der Waals surface area contributed by atoms with Crippen molar-refractivity contribution in [1.29, 1.82) is 0 Å². The lowest BCUT2D eigenvalue weighted by Crippen LogP contribution is -2.32. The Morgan fingerprint density at radius 1 is 1.22 bits per heavy atom. The maximum absolute atomic E-state index is 13.4. The molecule has 0 amide bonds. The van der Waals surface area contributed by atoms with Crippen molar-refractivity contribution in [3.8, 4) is 17.1 Å². The Morgan fingerprint density at radius 3 is 2.74 bits per heavy atom. The van der Waals surface area contributed by atoms with Crippen LogP contribution in [0.4, 0.5) is 8.78 Å². The minimum atomic E-state index is -2.58. The summed E-state index contributed by atoms with van der Waals surface area (Å²) in [5, 5.41) is 10.8. The summed E-state index contributed by atoms with van der Waals surface area (Å²) < 4.78 is 34.7. The Labute approximate surface area is 156 Å². The van der Waals surface area contributed by atoms with Crippen LogP contribution in [0.5, 0.6) is 5.88 Å². The third-order valence-corrected chi connectivity index (χ3v) is 6.08. The van der Waals surface area contributed by atoms with Crippen molar-refractivity contribution in [3.63, 3.8) is 0 Å². The molecule has 27 heavy (non-hydrogen) atoms. The standard InChI is InChI=1S/C20H23F2N3O2/c21-20(22)7-5-12(6-8-20)17(26)9-15-19-14(16-10-23-11-25(15)16)3-4-18(24-19)27-13-1-2-13/h3-4,10-13,15,17,26H,1-2,5-9H2/t15-,17+/m1/s1. The number of nitrogens with zero attached hydrogens (tertiary/aromatic N) is 3. The van der Waals surface area contributed by atoms with E-state index in [1.807, 2.05) is 16.7 Å². The average Bonchev–Trinajstić information content (AvgIpc) is 3.23. The molecular formula is C20H23F2N3O2. The van der Waals surface area contributed by atoms with Gasteiger partial charge in [-0.1, -0.05) is 0 Å². The number of aliphatic hydroxyl groups excluding tert-OH is 1. The SMILES string of the molecule is O[C@@H](C[C@@H]1c2nc(OC3CC3)ccc2-c2cncn21)C1CCC(F)(F)CC1. The molecule has 2 aromatic rings. The van der Waals surface area contributed by atoms with Gasteiger partial charge in [-0.2, -0.15) is 0 Å². The van der Waals surface area contributed by atoms with Crippen molar-refractivity contribution in [3.05, 3.63) is 30.4 Å². The van der Waals surface area contributed by atoms with Crippen molar-refractivity contribution < 1.29 is 18.6 Å². The summed E-state index contributed by atoms with van der Waals surface area (Å²) in [6.45, 7) is 0. The second-order valence-corrected chi connectivity index (χ2v) is 8.10. The van der Waals surface area contributed by atoms with Crippen LogP contribution in [-0.4, -0.2) is 37.8 Å². The average molecular weight is 375 g/mol. The number of imidazole rings is 1. The predicted molar refractivity (Wildman–Crippen MR) is 94.8 cm³/mol. The number of hydrogen-bond acceptors (Lipinski definition) is 4. The Kier molecular flexibility index (Phi) is 3.96. The molecule has 0 radical (unpaired) electrons. The number of fused-ring (bicyclic) bond motifs is 3. The third kappa shape index (κ3) is 3.22. The summed E-state index contributed by atoms with van der Waals surface area (Å²) in [6.07, 6.45) is 6.23. The van der Waals surface area contributed by atoms with E-state index in [1.54, 1.807) is 12.5 Å². The monoisotopic (exact) mass is 375 g/mol. The van der Waals surface area contributed by atoms with Crippen molar-refractivity contribution in [2.75, 3.05) is 0 Å². The number of rotatable bonds is 5. The van der Waals surface area contributed by atoms with Gasteiger partial charge >= 0.3 is 0 Å². The zero-order valence-corrected chi connectivity index (χ0v) is 15.0. The molecule has 0 bridgehead atoms. The summed E-state index contributed by atoms with van der Waals surface area (Å²) in [5.74, 6) is -2.05. The lowest BCUT2D eigenvalue weighted by Gasteiger charge is -2.32. The first-order chi connectivity index (χ1) is 13.0. The van der Waals surface area contributed by atoms with Gasteiger partial charge in [0.25, 0.3) is 0 Å². The van der Waals surface area contributed by atoms with Crippen molar-refractivity contribution in [1.82, 2.24) is 14.5 Å². The number of alkyl halides is 2. The molecule has 0 aromatic carbocycles. The Hall–Kier alpha value is -2.02. The molecule has 3 heterocycles. The summed E-state index contributed by atoms with van der Waals surface area (Å²) in [6, 6.07) is 3.75. The first-order valence-corrected chi connectivity index (χ1v) is 9.76. The molecule has 3 aliphatic rings. The molecule has 2 aromatic heterocycles. The molecule has 0 saturated heterocycles. The van der Waals surface area contributed by atoms with Crippen LogP contribution in [-0.2, 0) is 0 Å².